The van der Waals surface area contributed by atoms with Gasteiger partial charge in [-0.3, -0.25) is 9.59 Å². The summed E-state index contributed by atoms with van der Waals surface area (Å²) in [5.41, 5.74) is 4.02. The van der Waals surface area contributed by atoms with Crippen LogP contribution in [-0.4, -0.2) is 17.6 Å². The molecule has 0 aliphatic carbocycles. The Morgan fingerprint density at radius 2 is 1.55 bits per heavy atom. The van der Waals surface area contributed by atoms with Gasteiger partial charge in [0.2, 0.25) is 5.91 Å². The maximum Gasteiger partial charge on any atom is 0.256 e. The number of amides is 2. The van der Waals surface area contributed by atoms with Crippen molar-refractivity contribution in [3.05, 3.63) is 89.2 Å². The molecule has 2 amide bonds. The first kappa shape index (κ1) is 20.6. The normalized spacial score (nSPS) is 10.4. The van der Waals surface area contributed by atoms with E-state index in [4.69, 9.17) is 0 Å². The van der Waals surface area contributed by atoms with Crippen molar-refractivity contribution in [3.8, 4) is 0 Å². The van der Waals surface area contributed by atoms with Crippen molar-refractivity contribution in [3.63, 3.8) is 0 Å². The minimum Gasteiger partial charge on any atom is -0.325 e. The van der Waals surface area contributed by atoms with E-state index in [0.29, 0.717) is 16.1 Å². The quantitative estimate of drug-likeness (QED) is 0.535. The summed E-state index contributed by atoms with van der Waals surface area (Å²) < 4.78 is 13.0. The number of hydrogen-bond acceptors (Lipinski definition) is 3. The molecule has 6 heteroatoms. The number of hydrogen-bond donors (Lipinski definition) is 2. The Morgan fingerprint density at radius 3 is 2.28 bits per heavy atom. The molecule has 29 heavy (non-hydrogen) atoms. The Balaban J connectivity index is 1.64. The SMILES string of the molecule is Cc1ccc(NC(=O)c2ccccc2SCC(=O)Nc2ccc(F)cc2)cc1C. The molecule has 0 saturated heterocycles. The third-order valence-corrected chi connectivity index (χ3v) is 5.46. The predicted octanol–water partition coefficient (Wildman–Crippen LogP) is 5.43. The highest BCUT2D eigenvalue weighted by Gasteiger charge is 2.13. The Bertz CT molecular complexity index is 1040. The van der Waals surface area contributed by atoms with Crippen LogP contribution < -0.4 is 10.6 Å². The Morgan fingerprint density at radius 1 is 0.862 bits per heavy atom. The average Bonchev–Trinajstić information content (AvgIpc) is 2.71. The molecule has 3 rings (SSSR count). The molecule has 3 aromatic rings. The van der Waals surface area contributed by atoms with E-state index in [9.17, 15) is 14.0 Å². The van der Waals surface area contributed by atoms with Crippen molar-refractivity contribution in [2.75, 3.05) is 16.4 Å². The lowest BCUT2D eigenvalue weighted by atomic mass is 10.1. The second-order valence-corrected chi connectivity index (χ2v) is 7.61. The first-order chi connectivity index (χ1) is 13.9. The van der Waals surface area contributed by atoms with Crippen molar-refractivity contribution in [2.24, 2.45) is 0 Å². The van der Waals surface area contributed by atoms with Crippen molar-refractivity contribution < 1.29 is 14.0 Å². The van der Waals surface area contributed by atoms with Crippen molar-refractivity contribution in [1.82, 2.24) is 0 Å². The molecule has 0 spiro atoms. The highest BCUT2D eigenvalue weighted by atomic mass is 32.2. The smallest absolute Gasteiger partial charge is 0.256 e. The van der Waals surface area contributed by atoms with Crippen LogP contribution in [0.1, 0.15) is 21.5 Å². The van der Waals surface area contributed by atoms with Crippen LogP contribution in [-0.2, 0) is 4.79 Å². The molecule has 0 unspecified atom stereocenters. The first-order valence-electron chi connectivity index (χ1n) is 9.08. The van der Waals surface area contributed by atoms with Gasteiger partial charge in [0, 0.05) is 16.3 Å². The summed E-state index contributed by atoms with van der Waals surface area (Å²) in [5, 5.41) is 5.62. The topological polar surface area (TPSA) is 58.2 Å². The van der Waals surface area contributed by atoms with Crippen LogP contribution in [0.25, 0.3) is 0 Å². The number of thioether (sulfide) groups is 1. The lowest BCUT2D eigenvalue weighted by molar-refractivity contribution is -0.113. The minimum atomic E-state index is -0.360. The van der Waals surface area contributed by atoms with Gasteiger partial charge in [0.25, 0.3) is 5.91 Å². The molecule has 0 aliphatic heterocycles. The molecule has 0 heterocycles. The third kappa shape index (κ3) is 5.68. The number of aryl methyl sites for hydroxylation is 2. The molecule has 0 aromatic heterocycles. The summed E-state index contributed by atoms with van der Waals surface area (Å²) in [4.78, 5) is 25.6. The van der Waals surface area contributed by atoms with Gasteiger partial charge in [-0.05, 0) is 73.5 Å². The first-order valence-corrected chi connectivity index (χ1v) is 10.1. The fourth-order valence-corrected chi connectivity index (χ4v) is 3.52. The number of carbonyl (C=O) groups is 2. The molecule has 0 saturated carbocycles. The average molecular weight is 408 g/mol. The van der Waals surface area contributed by atoms with Crippen LogP contribution >= 0.6 is 11.8 Å². The van der Waals surface area contributed by atoms with E-state index in [1.165, 1.54) is 36.0 Å². The van der Waals surface area contributed by atoms with E-state index < -0.39 is 0 Å². The summed E-state index contributed by atoms with van der Waals surface area (Å²) in [6, 6.07) is 18.5. The van der Waals surface area contributed by atoms with Crippen LogP contribution in [0.2, 0.25) is 0 Å². The molecule has 3 aromatic carbocycles. The highest BCUT2D eigenvalue weighted by molar-refractivity contribution is 8.00. The lowest BCUT2D eigenvalue weighted by Gasteiger charge is -2.11. The monoisotopic (exact) mass is 408 g/mol. The van der Waals surface area contributed by atoms with Gasteiger partial charge in [-0.1, -0.05) is 18.2 Å². The maximum atomic E-state index is 13.0. The Labute approximate surface area is 173 Å². The number of nitrogens with one attached hydrogen (secondary N) is 2. The van der Waals surface area contributed by atoms with Gasteiger partial charge in [-0.25, -0.2) is 4.39 Å². The van der Waals surface area contributed by atoms with E-state index in [1.54, 1.807) is 12.1 Å². The van der Waals surface area contributed by atoms with Gasteiger partial charge in [0.05, 0.1) is 11.3 Å². The van der Waals surface area contributed by atoms with Crippen molar-refractivity contribution >= 4 is 35.0 Å². The molecular weight excluding hydrogens is 387 g/mol. The van der Waals surface area contributed by atoms with Gasteiger partial charge in [-0.2, -0.15) is 0 Å². The molecule has 2 N–H and O–H groups in total. The Hall–Kier alpha value is -3.12. The molecule has 0 bridgehead atoms. The minimum absolute atomic E-state index is 0.130. The van der Waals surface area contributed by atoms with Crippen LogP contribution in [0.15, 0.2) is 71.6 Å². The maximum absolute atomic E-state index is 13.0. The summed E-state index contributed by atoms with van der Waals surface area (Å²) in [7, 11) is 0. The van der Waals surface area contributed by atoms with E-state index in [1.807, 2.05) is 44.2 Å². The summed E-state index contributed by atoms with van der Waals surface area (Å²) >= 11 is 1.28. The van der Waals surface area contributed by atoms with E-state index in [-0.39, 0.29) is 23.4 Å². The fourth-order valence-electron chi connectivity index (χ4n) is 2.67. The van der Waals surface area contributed by atoms with Gasteiger partial charge in [0.15, 0.2) is 0 Å². The standard InChI is InChI=1S/C23H21FN2O2S/c1-15-7-10-19(13-16(15)2)26-23(28)20-5-3-4-6-21(20)29-14-22(27)25-18-11-8-17(24)9-12-18/h3-13H,14H2,1-2H3,(H,25,27)(H,26,28). The fraction of sp³-hybridized carbons (Fsp3) is 0.130. The largest absolute Gasteiger partial charge is 0.325 e. The van der Waals surface area contributed by atoms with Gasteiger partial charge in [-0.15, -0.1) is 11.8 Å². The molecule has 0 aliphatic rings. The zero-order valence-corrected chi connectivity index (χ0v) is 17.0. The summed E-state index contributed by atoms with van der Waals surface area (Å²) in [5.74, 6) is -0.687. The number of carbonyl (C=O) groups excluding carboxylic acids is 2. The van der Waals surface area contributed by atoms with Crippen LogP contribution in [0.5, 0.6) is 0 Å². The number of rotatable bonds is 6. The predicted molar refractivity (Wildman–Crippen MR) is 116 cm³/mol. The molecule has 4 nitrogen and oxygen atoms in total. The van der Waals surface area contributed by atoms with Crippen LogP contribution in [0, 0.1) is 19.7 Å². The lowest BCUT2D eigenvalue weighted by Crippen LogP contribution is -2.16. The second kappa shape index (κ2) is 9.39. The van der Waals surface area contributed by atoms with Gasteiger partial charge in [0.1, 0.15) is 5.82 Å². The van der Waals surface area contributed by atoms with E-state index in [2.05, 4.69) is 10.6 Å². The number of benzene rings is 3. The third-order valence-electron chi connectivity index (χ3n) is 4.38. The zero-order valence-electron chi connectivity index (χ0n) is 16.2. The number of halogens is 1. The van der Waals surface area contributed by atoms with Crippen LogP contribution in [0.3, 0.4) is 0 Å². The van der Waals surface area contributed by atoms with Gasteiger partial charge >= 0.3 is 0 Å². The van der Waals surface area contributed by atoms with Crippen molar-refractivity contribution in [1.29, 1.82) is 0 Å². The summed E-state index contributed by atoms with van der Waals surface area (Å²) in [6.07, 6.45) is 0. The second-order valence-electron chi connectivity index (χ2n) is 6.59. The van der Waals surface area contributed by atoms with Gasteiger partial charge < -0.3 is 10.6 Å². The summed E-state index contributed by atoms with van der Waals surface area (Å²) in [6.45, 7) is 4.01. The van der Waals surface area contributed by atoms with Crippen molar-refractivity contribution in [2.45, 2.75) is 18.7 Å². The number of anilines is 2. The zero-order chi connectivity index (χ0) is 20.8. The molecule has 0 radical (unpaired) electrons. The molecule has 0 fully saturated rings. The van der Waals surface area contributed by atoms with E-state index >= 15 is 0 Å². The molecular formula is C23H21FN2O2S. The van der Waals surface area contributed by atoms with Crippen LogP contribution in [0.4, 0.5) is 15.8 Å². The highest BCUT2D eigenvalue weighted by Crippen LogP contribution is 2.24. The molecule has 0 atom stereocenters. The van der Waals surface area contributed by atoms with E-state index in [0.717, 1.165) is 16.8 Å². The Kier molecular flexibility index (Phi) is 6.67. The molecule has 148 valence electrons.